The van der Waals surface area contributed by atoms with E-state index in [1.165, 1.54) is 12.1 Å². The van der Waals surface area contributed by atoms with Gasteiger partial charge in [-0.1, -0.05) is 11.6 Å². The highest BCUT2D eigenvalue weighted by molar-refractivity contribution is 6.34. The van der Waals surface area contributed by atoms with Crippen LogP contribution in [0.3, 0.4) is 0 Å². The minimum atomic E-state index is -0.656. The van der Waals surface area contributed by atoms with E-state index in [0.717, 1.165) is 0 Å². The summed E-state index contributed by atoms with van der Waals surface area (Å²) in [6, 6.07) is 2.49. The molecule has 6 heteroatoms. The zero-order valence-electron chi connectivity index (χ0n) is 9.58. The van der Waals surface area contributed by atoms with Gasteiger partial charge >= 0.3 is 0 Å². The van der Waals surface area contributed by atoms with E-state index in [2.05, 4.69) is 4.98 Å². The molecule has 1 aromatic carbocycles. The van der Waals surface area contributed by atoms with Crippen molar-refractivity contribution in [1.82, 2.24) is 4.98 Å². The van der Waals surface area contributed by atoms with Crippen LogP contribution in [0, 0.1) is 5.82 Å². The molecule has 0 spiro atoms. The Bertz CT molecular complexity index is 593. The number of fused-ring (bicyclic) bond motifs is 1. The fourth-order valence-electron chi connectivity index (χ4n) is 2.12. The Morgan fingerprint density at radius 1 is 1.33 bits per heavy atom. The van der Waals surface area contributed by atoms with E-state index in [0.29, 0.717) is 43.0 Å². The third-order valence-corrected chi connectivity index (χ3v) is 3.50. The second-order valence-electron chi connectivity index (χ2n) is 4.52. The van der Waals surface area contributed by atoms with Crippen LogP contribution in [-0.4, -0.2) is 18.2 Å². The van der Waals surface area contributed by atoms with Crippen molar-refractivity contribution in [1.29, 1.82) is 0 Å². The summed E-state index contributed by atoms with van der Waals surface area (Å²) < 4.78 is 24.1. The number of hydrogen-bond acceptors (Lipinski definition) is 4. The Balaban J connectivity index is 2.10. The number of benzene rings is 1. The molecule has 3 rings (SSSR count). The number of ether oxygens (including phenoxy) is 1. The molecule has 1 saturated heterocycles. The van der Waals surface area contributed by atoms with Gasteiger partial charge in [-0.15, -0.1) is 0 Å². The summed E-state index contributed by atoms with van der Waals surface area (Å²) in [6.07, 6.45) is 1.25. The highest BCUT2D eigenvalue weighted by atomic mass is 35.5. The van der Waals surface area contributed by atoms with Crippen molar-refractivity contribution in [3.63, 3.8) is 0 Å². The van der Waals surface area contributed by atoms with Crippen molar-refractivity contribution >= 4 is 22.7 Å². The van der Waals surface area contributed by atoms with Gasteiger partial charge in [0.15, 0.2) is 5.58 Å². The molecule has 2 aromatic rings. The summed E-state index contributed by atoms with van der Waals surface area (Å²) in [5.74, 6) is -0.0429. The van der Waals surface area contributed by atoms with Crippen LogP contribution in [0.5, 0.6) is 0 Å². The number of oxazole rings is 1. The van der Waals surface area contributed by atoms with Gasteiger partial charge in [0.2, 0.25) is 5.89 Å². The van der Waals surface area contributed by atoms with Gasteiger partial charge in [-0.3, -0.25) is 0 Å². The molecule has 1 aliphatic heterocycles. The Hall–Kier alpha value is -1.17. The molecule has 0 aliphatic carbocycles. The maximum atomic E-state index is 13.2. The van der Waals surface area contributed by atoms with Gasteiger partial charge in [-0.25, -0.2) is 9.37 Å². The molecular formula is C12H12ClFN2O2. The Kier molecular flexibility index (Phi) is 2.77. The maximum absolute atomic E-state index is 13.2. The minimum absolute atomic E-state index is 0.208. The minimum Gasteiger partial charge on any atom is -0.437 e. The average molecular weight is 271 g/mol. The molecule has 1 aromatic heterocycles. The molecular weight excluding hydrogens is 259 g/mol. The van der Waals surface area contributed by atoms with E-state index < -0.39 is 11.4 Å². The number of nitrogens with two attached hydrogens (primary N) is 1. The summed E-state index contributed by atoms with van der Waals surface area (Å²) in [5, 5.41) is 0.208. The largest absolute Gasteiger partial charge is 0.437 e. The van der Waals surface area contributed by atoms with Gasteiger partial charge in [-0.2, -0.15) is 0 Å². The van der Waals surface area contributed by atoms with Crippen LogP contribution in [0.2, 0.25) is 5.02 Å². The normalized spacial score (nSPS) is 19.3. The lowest BCUT2D eigenvalue weighted by molar-refractivity contribution is 0.0429. The molecule has 0 amide bonds. The van der Waals surface area contributed by atoms with Gasteiger partial charge < -0.3 is 14.9 Å². The first-order valence-electron chi connectivity index (χ1n) is 5.71. The number of aromatic nitrogens is 1. The van der Waals surface area contributed by atoms with Gasteiger partial charge in [0.1, 0.15) is 11.3 Å². The Labute approximate surface area is 108 Å². The summed E-state index contributed by atoms with van der Waals surface area (Å²) in [5.41, 5.74) is 6.38. The van der Waals surface area contributed by atoms with Crippen molar-refractivity contribution in [2.45, 2.75) is 18.4 Å². The van der Waals surface area contributed by atoms with E-state index in [4.69, 9.17) is 26.5 Å². The van der Waals surface area contributed by atoms with Crippen LogP contribution in [0.25, 0.3) is 11.1 Å². The van der Waals surface area contributed by atoms with Crippen LogP contribution in [-0.2, 0) is 10.3 Å². The zero-order valence-corrected chi connectivity index (χ0v) is 10.3. The molecule has 2 N–H and O–H groups in total. The Morgan fingerprint density at radius 2 is 2.06 bits per heavy atom. The molecule has 1 aliphatic rings. The zero-order chi connectivity index (χ0) is 12.8. The molecule has 1 fully saturated rings. The molecule has 4 nitrogen and oxygen atoms in total. The molecule has 0 atom stereocenters. The first kappa shape index (κ1) is 11.9. The predicted molar refractivity (Wildman–Crippen MR) is 64.9 cm³/mol. The van der Waals surface area contributed by atoms with Crippen LogP contribution in [0.4, 0.5) is 4.39 Å². The quantitative estimate of drug-likeness (QED) is 0.865. The highest BCUT2D eigenvalue weighted by Gasteiger charge is 2.35. The van der Waals surface area contributed by atoms with Crippen LogP contribution in [0.15, 0.2) is 16.5 Å². The topological polar surface area (TPSA) is 61.3 Å². The SMILES string of the molecule is NC1(c2nc3cc(F)cc(Cl)c3o2)CCOCC1. The van der Waals surface area contributed by atoms with Gasteiger partial charge in [0.05, 0.1) is 10.6 Å². The summed E-state index contributed by atoms with van der Waals surface area (Å²) in [7, 11) is 0. The van der Waals surface area contributed by atoms with E-state index >= 15 is 0 Å². The van der Waals surface area contributed by atoms with Crippen molar-refractivity contribution in [2.24, 2.45) is 5.73 Å². The molecule has 0 unspecified atom stereocenters. The molecule has 18 heavy (non-hydrogen) atoms. The number of rotatable bonds is 1. The van der Waals surface area contributed by atoms with E-state index in [1.54, 1.807) is 0 Å². The Morgan fingerprint density at radius 3 is 2.78 bits per heavy atom. The fourth-order valence-corrected chi connectivity index (χ4v) is 2.36. The van der Waals surface area contributed by atoms with Crippen LogP contribution < -0.4 is 5.73 Å². The molecule has 0 bridgehead atoms. The second-order valence-corrected chi connectivity index (χ2v) is 4.93. The summed E-state index contributed by atoms with van der Waals surface area (Å²) in [4.78, 5) is 4.26. The number of nitrogens with zero attached hydrogens (tertiary/aromatic N) is 1. The fraction of sp³-hybridized carbons (Fsp3) is 0.417. The van der Waals surface area contributed by atoms with E-state index in [-0.39, 0.29) is 5.02 Å². The van der Waals surface area contributed by atoms with Crippen molar-refractivity contribution in [3.8, 4) is 0 Å². The third-order valence-electron chi connectivity index (χ3n) is 3.22. The van der Waals surface area contributed by atoms with Gasteiger partial charge in [-0.05, 0) is 18.9 Å². The molecule has 2 heterocycles. The highest BCUT2D eigenvalue weighted by Crippen LogP contribution is 2.33. The van der Waals surface area contributed by atoms with E-state index in [1.807, 2.05) is 0 Å². The second kappa shape index (κ2) is 4.19. The van der Waals surface area contributed by atoms with Crippen molar-refractivity contribution in [2.75, 3.05) is 13.2 Å². The van der Waals surface area contributed by atoms with Crippen LogP contribution >= 0.6 is 11.6 Å². The van der Waals surface area contributed by atoms with Crippen molar-refractivity contribution in [3.05, 3.63) is 28.9 Å². The monoisotopic (exact) mass is 270 g/mol. The maximum Gasteiger partial charge on any atom is 0.215 e. The van der Waals surface area contributed by atoms with Gasteiger partial charge in [0, 0.05) is 19.3 Å². The van der Waals surface area contributed by atoms with Gasteiger partial charge in [0.25, 0.3) is 0 Å². The lowest BCUT2D eigenvalue weighted by atomic mass is 9.91. The predicted octanol–water partition coefficient (Wildman–Crippen LogP) is 2.58. The standard InChI is InChI=1S/C12H12ClFN2O2/c13-8-5-7(14)6-9-10(8)18-11(16-9)12(15)1-3-17-4-2-12/h5-6H,1-4,15H2. The lowest BCUT2D eigenvalue weighted by Gasteiger charge is -2.29. The first-order valence-corrected chi connectivity index (χ1v) is 6.09. The van der Waals surface area contributed by atoms with E-state index in [9.17, 15) is 4.39 Å². The van der Waals surface area contributed by atoms with Crippen molar-refractivity contribution < 1.29 is 13.5 Å². The molecule has 0 radical (unpaired) electrons. The molecule has 0 saturated carbocycles. The number of hydrogen-bond donors (Lipinski definition) is 1. The third kappa shape index (κ3) is 1.88. The lowest BCUT2D eigenvalue weighted by Crippen LogP contribution is -2.42. The first-order chi connectivity index (χ1) is 8.58. The smallest absolute Gasteiger partial charge is 0.215 e. The summed E-state index contributed by atoms with van der Waals surface area (Å²) >= 11 is 5.92. The average Bonchev–Trinajstić information content (AvgIpc) is 2.74. The van der Waals surface area contributed by atoms with Crippen LogP contribution in [0.1, 0.15) is 18.7 Å². The molecule has 96 valence electrons. The summed E-state index contributed by atoms with van der Waals surface area (Å²) in [6.45, 7) is 1.13. The number of halogens is 2.